The summed E-state index contributed by atoms with van der Waals surface area (Å²) in [5.74, 6) is -1.29. The molecular formula is C25H15ClN4O7. The number of furan rings is 1. The zero-order valence-electron chi connectivity index (χ0n) is 18.7. The van der Waals surface area contributed by atoms with Gasteiger partial charge in [-0.3, -0.25) is 14.9 Å². The molecule has 0 unspecified atom stereocenters. The Bertz CT molecular complexity index is 1760. The topological polar surface area (TPSA) is 150 Å². The molecule has 3 aromatic carbocycles. The van der Waals surface area contributed by atoms with Crippen LogP contribution in [0.3, 0.4) is 0 Å². The third kappa shape index (κ3) is 4.62. The molecule has 0 radical (unpaired) electrons. The van der Waals surface area contributed by atoms with E-state index in [4.69, 9.17) is 25.9 Å². The van der Waals surface area contributed by atoms with E-state index in [0.29, 0.717) is 22.2 Å². The minimum absolute atomic E-state index is 0.123. The van der Waals surface area contributed by atoms with E-state index >= 15 is 0 Å². The molecule has 0 aliphatic carbocycles. The molecule has 1 N–H and O–H groups in total. The highest BCUT2D eigenvalue weighted by atomic mass is 35.5. The Morgan fingerprint density at radius 2 is 1.95 bits per heavy atom. The van der Waals surface area contributed by atoms with Crippen LogP contribution >= 0.6 is 11.6 Å². The molecular weight excluding hydrogens is 504 g/mol. The highest BCUT2D eigenvalue weighted by molar-refractivity contribution is 6.32. The number of hydrogen-bond donors (Lipinski definition) is 1. The summed E-state index contributed by atoms with van der Waals surface area (Å²) in [5, 5.41) is 25.6. The normalized spacial score (nSPS) is 11.4. The lowest BCUT2D eigenvalue weighted by Crippen LogP contribution is -2.20. The molecule has 2 aromatic heterocycles. The maximum absolute atomic E-state index is 13.4. The lowest BCUT2D eigenvalue weighted by atomic mass is 10.2. The number of para-hydroxylation sites is 2. The van der Waals surface area contributed by atoms with Crippen LogP contribution in [-0.2, 0) is 4.79 Å². The molecule has 11 nitrogen and oxygen atoms in total. The zero-order valence-corrected chi connectivity index (χ0v) is 19.5. The molecule has 0 bridgehead atoms. The van der Waals surface area contributed by atoms with Gasteiger partial charge in [-0.1, -0.05) is 41.9 Å². The molecule has 12 heteroatoms. The standard InChI is InChI=1S/C25H15ClN4O7/c26-17-9-14(10-19(30(34)35)23(17)36-13-22(31)32)12-27-29-24(21-11-15-5-1-4-8-20(15)37-21)28-18-7-3-2-6-16(18)25(29)33/h1-12H,13H2,(H,31,32). The molecule has 0 atom stereocenters. The quantitative estimate of drug-likeness (QED) is 0.185. The molecule has 0 amide bonds. The number of nitro benzene ring substituents is 1. The van der Waals surface area contributed by atoms with Crippen LogP contribution in [0.2, 0.25) is 5.02 Å². The first-order valence-electron chi connectivity index (χ1n) is 10.7. The van der Waals surface area contributed by atoms with Gasteiger partial charge in [0.15, 0.2) is 12.4 Å². The molecule has 2 heterocycles. The number of nitrogens with zero attached hydrogens (tertiary/aromatic N) is 4. The van der Waals surface area contributed by atoms with Crippen molar-refractivity contribution in [2.75, 3.05) is 6.61 Å². The van der Waals surface area contributed by atoms with Crippen molar-refractivity contribution < 1.29 is 24.0 Å². The molecule has 0 fully saturated rings. The molecule has 0 saturated carbocycles. The average Bonchev–Trinajstić information content (AvgIpc) is 3.31. The molecule has 5 rings (SSSR count). The number of carbonyl (C=O) groups is 1. The molecule has 0 aliphatic heterocycles. The highest BCUT2D eigenvalue weighted by Crippen LogP contribution is 2.36. The second-order valence-electron chi connectivity index (χ2n) is 7.75. The first kappa shape index (κ1) is 23.7. The number of benzene rings is 3. The Kier molecular flexibility index (Phi) is 6.12. The van der Waals surface area contributed by atoms with E-state index in [9.17, 15) is 19.7 Å². The summed E-state index contributed by atoms with van der Waals surface area (Å²) < 4.78 is 11.9. The highest BCUT2D eigenvalue weighted by Gasteiger charge is 2.22. The van der Waals surface area contributed by atoms with Crippen LogP contribution in [0.1, 0.15) is 5.56 Å². The van der Waals surface area contributed by atoms with Crippen molar-refractivity contribution in [3.05, 3.63) is 97.8 Å². The van der Waals surface area contributed by atoms with E-state index in [1.165, 1.54) is 12.3 Å². The largest absolute Gasteiger partial charge is 0.479 e. The second kappa shape index (κ2) is 9.55. The Labute approximate surface area is 211 Å². The van der Waals surface area contributed by atoms with E-state index in [-0.39, 0.29) is 16.4 Å². The maximum Gasteiger partial charge on any atom is 0.341 e. The predicted molar refractivity (Wildman–Crippen MR) is 135 cm³/mol. The van der Waals surface area contributed by atoms with Crippen molar-refractivity contribution in [2.45, 2.75) is 0 Å². The van der Waals surface area contributed by atoms with Crippen molar-refractivity contribution in [1.82, 2.24) is 9.66 Å². The van der Waals surface area contributed by atoms with Crippen LogP contribution in [0, 0.1) is 10.1 Å². The summed E-state index contributed by atoms with van der Waals surface area (Å²) in [6.07, 6.45) is 1.20. The van der Waals surface area contributed by atoms with Gasteiger partial charge in [0.05, 0.1) is 27.1 Å². The summed E-state index contributed by atoms with van der Waals surface area (Å²) in [5.41, 5.74) is 0.147. The third-order valence-electron chi connectivity index (χ3n) is 5.30. The van der Waals surface area contributed by atoms with Crippen LogP contribution in [0.15, 0.2) is 81.0 Å². The van der Waals surface area contributed by atoms with Crippen molar-refractivity contribution in [2.24, 2.45) is 5.10 Å². The first-order valence-corrected chi connectivity index (χ1v) is 11.1. The molecule has 184 valence electrons. The average molecular weight is 519 g/mol. The Hall–Kier alpha value is -5.03. The molecule has 0 spiro atoms. The number of carboxylic acids is 1. The fraction of sp³-hybridized carbons (Fsp3) is 0.0400. The van der Waals surface area contributed by atoms with E-state index in [1.54, 1.807) is 36.4 Å². The Morgan fingerprint density at radius 3 is 2.70 bits per heavy atom. The van der Waals surface area contributed by atoms with Gasteiger partial charge in [0.1, 0.15) is 5.58 Å². The van der Waals surface area contributed by atoms with Gasteiger partial charge in [-0.25, -0.2) is 9.78 Å². The third-order valence-corrected chi connectivity index (χ3v) is 5.59. The number of nitro groups is 1. The monoisotopic (exact) mass is 518 g/mol. The zero-order chi connectivity index (χ0) is 26.1. The van der Waals surface area contributed by atoms with Crippen LogP contribution < -0.4 is 10.3 Å². The van der Waals surface area contributed by atoms with Crippen molar-refractivity contribution in [3.63, 3.8) is 0 Å². The second-order valence-corrected chi connectivity index (χ2v) is 8.16. The maximum atomic E-state index is 13.4. The molecule has 37 heavy (non-hydrogen) atoms. The van der Waals surface area contributed by atoms with Gasteiger partial charge in [-0.05, 0) is 30.3 Å². The minimum Gasteiger partial charge on any atom is -0.479 e. The minimum atomic E-state index is -1.32. The van der Waals surface area contributed by atoms with Gasteiger partial charge in [0.25, 0.3) is 5.56 Å². The van der Waals surface area contributed by atoms with Crippen LogP contribution in [-0.4, -0.2) is 38.5 Å². The number of carboxylic acid groups (broad SMARTS) is 1. The van der Waals surface area contributed by atoms with E-state index in [1.807, 2.05) is 18.2 Å². The fourth-order valence-electron chi connectivity index (χ4n) is 3.69. The number of ether oxygens (including phenoxy) is 1. The van der Waals surface area contributed by atoms with Gasteiger partial charge >= 0.3 is 11.7 Å². The Balaban J connectivity index is 1.65. The lowest BCUT2D eigenvalue weighted by Gasteiger charge is -2.08. The van der Waals surface area contributed by atoms with Crippen LogP contribution in [0.4, 0.5) is 5.69 Å². The van der Waals surface area contributed by atoms with E-state index in [2.05, 4.69) is 10.1 Å². The van der Waals surface area contributed by atoms with E-state index < -0.39 is 34.5 Å². The van der Waals surface area contributed by atoms with Gasteiger partial charge in [-0.2, -0.15) is 9.78 Å². The van der Waals surface area contributed by atoms with Crippen LogP contribution in [0.25, 0.3) is 33.5 Å². The summed E-state index contributed by atoms with van der Waals surface area (Å²) >= 11 is 6.15. The Morgan fingerprint density at radius 1 is 1.19 bits per heavy atom. The first-order chi connectivity index (χ1) is 17.8. The summed E-state index contributed by atoms with van der Waals surface area (Å²) in [7, 11) is 0. The van der Waals surface area contributed by atoms with Gasteiger partial charge in [0.2, 0.25) is 11.6 Å². The molecule has 0 saturated heterocycles. The number of aliphatic carboxylic acids is 1. The molecule has 0 aliphatic rings. The number of fused-ring (bicyclic) bond motifs is 2. The van der Waals surface area contributed by atoms with Gasteiger partial charge in [0, 0.05) is 17.0 Å². The lowest BCUT2D eigenvalue weighted by molar-refractivity contribution is -0.385. The fourth-order valence-corrected chi connectivity index (χ4v) is 3.97. The number of aromatic nitrogens is 2. The summed E-state index contributed by atoms with van der Waals surface area (Å²) in [6, 6.07) is 18.2. The van der Waals surface area contributed by atoms with Crippen molar-refractivity contribution in [1.29, 1.82) is 0 Å². The summed E-state index contributed by atoms with van der Waals surface area (Å²) in [6.45, 7) is -0.812. The van der Waals surface area contributed by atoms with E-state index in [0.717, 1.165) is 16.1 Å². The number of rotatable bonds is 7. The van der Waals surface area contributed by atoms with Gasteiger partial charge < -0.3 is 14.3 Å². The molecule has 5 aromatic rings. The van der Waals surface area contributed by atoms with Crippen LogP contribution in [0.5, 0.6) is 5.75 Å². The predicted octanol–water partition coefficient (Wildman–Crippen LogP) is 4.72. The number of hydrogen-bond acceptors (Lipinski definition) is 8. The SMILES string of the molecule is O=C(O)COc1c(Cl)cc(C=Nn2c(-c3cc4ccccc4o3)nc3ccccc3c2=O)cc1[N+](=O)[O-]. The number of halogens is 1. The summed E-state index contributed by atoms with van der Waals surface area (Å²) in [4.78, 5) is 39.6. The van der Waals surface area contributed by atoms with Crippen molar-refractivity contribution in [3.8, 4) is 17.3 Å². The van der Waals surface area contributed by atoms with Crippen molar-refractivity contribution >= 4 is 51.3 Å². The van der Waals surface area contributed by atoms with Gasteiger partial charge in [-0.15, -0.1) is 0 Å². The smallest absolute Gasteiger partial charge is 0.341 e.